The highest BCUT2D eigenvalue weighted by atomic mass is 79.9. The Morgan fingerprint density at radius 3 is 2.80 bits per heavy atom. The van der Waals surface area contributed by atoms with Gasteiger partial charge in [0.15, 0.2) is 0 Å². The van der Waals surface area contributed by atoms with Crippen LogP contribution in [0.3, 0.4) is 0 Å². The second-order valence-corrected chi connectivity index (χ2v) is 3.65. The summed E-state index contributed by atoms with van der Waals surface area (Å²) >= 11 is 3.31. The van der Waals surface area contributed by atoms with Gasteiger partial charge in [-0.2, -0.15) is 0 Å². The van der Waals surface area contributed by atoms with Crippen LogP contribution < -0.4 is 5.32 Å². The molecule has 0 bridgehead atoms. The number of oxime groups is 1. The molecule has 0 unspecified atom stereocenters. The molecule has 1 N–H and O–H groups in total. The Bertz CT molecular complexity index is 349. The fourth-order valence-electron chi connectivity index (χ4n) is 0.940. The molecule has 1 aromatic carbocycles. The largest absolute Gasteiger partial charge is 0.399 e. The van der Waals surface area contributed by atoms with Crippen molar-refractivity contribution in [2.75, 3.05) is 12.4 Å². The minimum absolute atomic E-state index is 0.127. The van der Waals surface area contributed by atoms with Crippen LogP contribution in [0.2, 0.25) is 0 Å². The molecule has 0 aliphatic rings. The van der Waals surface area contributed by atoms with E-state index >= 15 is 0 Å². The lowest BCUT2D eigenvalue weighted by atomic mass is 10.3. The first-order valence-corrected chi connectivity index (χ1v) is 5.12. The van der Waals surface area contributed by atoms with Gasteiger partial charge in [-0.05, 0) is 24.3 Å². The number of benzene rings is 1. The molecule has 1 amide bonds. The number of amides is 1. The van der Waals surface area contributed by atoms with E-state index in [1.807, 2.05) is 24.3 Å². The highest BCUT2D eigenvalue weighted by Gasteiger charge is 1.99. The predicted octanol–water partition coefficient (Wildman–Crippen LogP) is 2.41. The summed E-state index contributed by atoms with van der Waals surface area (Å²) in [6.07, 6.45) is 1.61. The molecule has 0 radical (unpaired) electrons. The van der Waals surface area contributed by atoms with Gasteiger partial charge in [-0.3, -0.25) is 4.79 Å². The Labute approximate surface area is 96.4 Å². The lowest BCUT2D eigenvalue weighted by Crippen LogP contribution is -2.11. The Balaban J connectivity index is 2.44. The number of rotatable bonds is 4. The topological polar surface area (TPSA) is 50.7 Å². The zero-order chi connectivity index (χ0) is 11.1. The maximum atomic E-state index is 11.3. The van der Waals surface area contributed by atoms with E-state index in [0.717, 1.165) is 10.2 Å². The summed E-state index contributed by atoms with van der Waals surface area (Å²) in [5, 5.41) is 6.20. The first-order valence-electron chi connectivity index (χ1n) is 4.33. The molecule has 80 valence electrons. The lowest BCUT2D eigenvalue weighted by molar-refractivity contribution is -0.115. The van der Waals surface area contributed by atoms with Gasteiger partial charge in [-0.25, -0.2) is 0 Å². The summed E-state index contributed by atoms with van der Waals surface area (Å²) in [5.41, 5.74) is 0.758. The molecule has 0 aliphatic carbocycles. The van der Waals surface area contributed by atoms with Crippen molar-refractivity contribution in [3.05, 3.63) is 28.7 Å². The molecule has 1 rings (SSSR count). The summed E-state index contributed by atoms with van der Waals surface area (Å²) in [6.45, 7) is 0. The third-order valence-electron chi connectivity index (χ3n) is 1.58. The minimum atomic E-state index is -0.127. The van der Waals surface area contributed by atoms with Crippen molar-refractivity contribution >= 4 is 33.7 Å². The van der Waals surface area contributed by atoms with Crippen LogP contribution in [0.5, 0.6) is 0 Å². The van der Waals surface area contributed by atoms with E-state index in [4.69, 9.17) is 0 Å². The summed E-state index contributed by atoms with van der Waals surface area (Å²) in [5.74, 6) is -0.127. The van der Waals surface area contributed by atoms with Crippen LogP contribution in [0.15, 0.2) is 33.9 Å². The summed E-state index contributed by atoms with van der Waals surface area (Å²) < 4.78 is 0.974. The number of hydrogen-bond acceptors (Lipinski definition) is 3. The van der Waals surface area contributed by atoms with Gasteiger partial charge < -0.3 is 10.2 Å². The number of hydrogen-bond donors (Lipinski definition) is 1. The molecule has 1 aromatic rings. The molecular weight excluding hydrogens is 260 g/mol. The SMILES string of the molecule is CO/N=C/CC(=O)Nc1ccc(Br)cc1. The fraction of sp³-hybridized carbons (Fsp3) is 0.200. The second-order valence-electron chi connectivity index (χ2n) is 2.73. The summed E-state index contributed by atoms with van der Waals surface area (Å²) in [4.78, 5) is 15.7. The average molecular weight is 271 g/mol. The van der Waals surface area contributed by atoms with E-state index in [9.17, 15) is 4.79 Å². The zero-order valence-electron chi connectivity index (χ0n) is 8.24. The standard InChI is InChI=1S/C10H11BrN2O2/c1-15-12-7-6-10(14)13-9-4-2-8(11)3-5-9/h2-5,7H,6H2,1H3,(H,13,14)/b12-7+. The third kappa shape index (κ3) is 4.60. The van der Waals surface area contributed by atoms with Gasteiger partial charge in [-0.15, -0.1) is 0 Å². The molecule has 5 heteroatoms. The van der Waals surface area contributed by atoms with Gasteiger partial charge in [-0.1, -0.05) is 21.1 Å². The van der Waals surface area contributed by atoms with Crippen LogP contribution in [0, 0.1) is 0 Å². The Morgan fingerprint density at radius 2 is 2.20 bits per heavy atom. The number of carbonyl (C=O) groups is 1. The van der Waals surface area contributed by atoms with Crippen molar-refractivity contribution in [1.82, 2.24) is 0 Å². The third-order valence-corrected chi connectivity index (χ3v) is 2.11. The molecule has 0 fully saturated rings. The highest BCUT2D eigenvalue weighted by Crippen LogP contribution is 2.13. The van der Waals surface area contributed by atoms with Crippen LogP contribution in [0.1, 0.15) is 6.42 Å². The van der Waals surface area contributed by atoms with Crippen molar-refractivity contribution in [2.24, 2.45) is 5.16 Å². The summed E-state index contributed by atoms with van der Waals surface area (Å²) in [6, 6.07) is 7.35. The predicted molar refractivity (Wildman–Crippen MR) is 62.9 cm³/mol. The van der Waals surface area contributed by atoms with Gasteiger partial charge in [0.25, 0.3) is 0 Å². The van der Waals surface area contributed by atoms with Crippen LogP contribution >= 0.6 is 15.9 Å². The molecular formula is C10H11BrN2O2. The molecule has 0 saturated carbocycles. The van der Waals surface area contributed by atoms with Crippen molar-refractivity contribution in [2.45, 2.75) is 6.42 Å². The van der Waals surface area contributed by atoms with E-state index in [1.165, 1.54) is 13.3 Å². The Hall–Kier alpha value is -1.36. The molecule has 0 aromatic heterocycles. The van der Waals surface area contributed by atoms with Crippen molar-refractivity contribution < 1.29 is 9.63 Å². The van der Waals surface area contributed by atoms with Gasteiger partial charge in [0.1, 0.15) is 7.11 Å². The van der Waals surface area contributed by atoms with Gasteiger partial charge in [0.2, 0.25) is 5.91 Å². The number of nitrogens with zero attached hydrogens (tertiary/aromatic N) is 1. The first kappa shape index (κ1) is 11.7. The number of halogens is 1. The van der Waals surface area contributed by atoms with Gasteiger partial charge in [0, 0.05) is 10.2 Å². The van der Waals surface area contributed by atoms with Gasteiger partial charge in [0.05, 0.1) is 12.6 Å². The molecule has 0 heterocycles. The van der Waals surface area contributed by atoms with Crippen LogP contribution in [0.4, 0.5) is 5.69 Å². The van der Waals surface area contributed by atoms with Crippen LogP contribution in [-0.4, -0.2) is 19.2 Å². The van der Waals surface area contributed by atoms with Crippen molar-refractivity contribution in [1.29, 1.82) is 0 Å². The molecule has 0 atom stereocenters. The Kier molecular flexibility index (Phi) is 4.83. The average Bonchev–Trinajstić information content (AvgIpc) is 2.22. The number of carbonyl (C=O) groups excluding carboxylic acids is 1. The van der Waals surface area contributed by atoms with E-state index in [2.05, 4.69) is 31.2 Å². The van der Waals surface area contributed by atoms with E-state index in [1.54, 1.807) is 0 Å². The molecule has 0 aliphatic heterocycles. The van der Waals surface area contributed by atoms with E-state index in [0.29, 0.717) is 0 Å². The normalized spacial score (nSPS) is 10.3. The summed E-state index contributed by atoms with van der Waals surface area (Å²) in [7, 11) is 1.43. The minimum Gasteiger partial charge on any atom is -0.399 e. The second kappa shape index (κ2) is 6.19. The Morgan fingerprint density at radius 1 is 1.53 bits per heavy atom. The monoisotopic (exact) mass is 270 g/mol. The quantitative estimate of drug-likeness (QED) is 0.675. The van der Waals surface area contributed by atoms with Crippen molar-refractivity contribution in [3.8, 4) is 0 Å². The van der Waals surface area contributed by atoms with Crippen LogP contribution in [-0.2, 0) is 9.63 Å². The number of anilines is 1. The van der Waals surface area contributed by atoms with E-state index in [-0.39, 0.29) is 12.3 Å². The lowest BCUT2D eigenvalue weighted by Gasteiger charge is -2.02. The maximum absolute atomic E-state index is 11.3. The van der Waals surface area contributed by atoms with Gasteiger partial charge >= 0.3 is 0 Å². The molecule has 0 saturated heterocycles. The number of nitrogens with one attached hydrogen (secondary N) is 1. The fourth-order valence-corrected chi connectivity index (χ4v) is 1.20. The van der Waals surface area contributed by atoms with E-state index < -0.39 is 0 Å². The van der Waals surface area contributed by atoms with Crippen molar-refractivity contribution in [3.63, 3.8) is 0 Å². The molecule has 4 nitrogen and oxygen atoms in total. The molecule has 0 spiro atoms. The van der Waals surface area contributed by atoms with Crippen LogP contribution in [0.25, 0.3) is 0 Å². The highest BCUT2D eigenvalue weighted by molar-refractivity contribution is 9.10. The molecule has 15 heavy (non-hydrogen) atoms. The smallest absolute Gasteiger partial charge is 0.229 e. The zero-order valence-corrected chi connectivity index (χ0v) is 9.82. The first-order chi connectivity index (χ1) is 7.22. The maximum Gasteiger partial charge on any atom is 0.229 e.